The van der Waals surface area contributed by atoms with Gasteiger partial charge in [-0.3, -0.25) is 9.88 Å². The van der Waals surface area contributed by atoms with Gasteiger partial charge in [0.15, 0.2) is 0 Å². The Morgan fingerprint density at radius 1 is 1.08 bits per heavy atom. The summed E-state index contributed by atoms with van der Waals surface area (Å²) in [6.07, 6.45) is 7.16. The molecule has 1 saturated heterocycles. The number of hydrogen-bond donors (Lipinski definition) is 1. The largest absolute Gasteiger partial charge is 0.388 e. The van der Waals surface area contributed by atoms with Gasteiger partial charge in [-0.2, -0.15) is 0 Å². The standard InChI is InChI=1S/C20H24N4O/c1-16-21-10-13-24(16)15-20(25)7-11-23(12-8-20)14-18-5-2-4-17-6-3-9-22-19(17)18/h2-6,9-10,13,25H,7-8,11-12,14-15H2,1H3. The van der Waals surface area contributed by atoms with Gasteiger partial charge in [0.05, 0.1) is 17.7 Å². The van der Waals surface area contributed by atoms with Crippen molar-refractivity contribution in [2.24, 2.45) is 0 Å². The fourth-order valence-corrected chi connectivity index (χ4v) is 3.71. The smallest absolute Gasteiger partial charge is 0.105 e. The lowest BCUT2D eigenvalue weighted by Gasteiger charge is -2.38. The SMILES string of the molecule is Cc1nccn1CC1(O)CCN(Cc2cccc3cccnc23)CC1. The van der Waals surface area contributed by atoms with Crippen molar-refractivity contribution < 1.29 is 5.11 Å². The second-order valence-electron chi connectivity index (χ2n) is 7.10. The first-order valence-electron chi connectivity index (χ1n) is 8.88. The molecular formula is C20H24N4O. The second-order valence-corrected chi connectivity index (χ2v) is 7.10. The third-order valence-electron chi connectivity index (χ3n) is 5.29. The maximum absolute atomic E-state index is 10.9. The Morgan fingerprint density at radius 3 is 2.64 bits per heavy atom. The maximum atomic E-state index is 10.9. The van der Waals surface area contributed by atoms with E-state index in [0.29, 0.717) is 6.54 Å². The molecule has 0 amide bonds. The molecule has 4 rings (SSSR count). The van der Waals surface area contributed by atoms with Crippen LogP contribution < -0.4 is 0 Å². The van der Waals surface area contributed by atoms with Gasteiger partial charge in [0, 0.05) is 43.6 Å². The van der Waals surface area contributed by atoms with Gasteiger partial charge in [-0.15, -0.1) is 0 Å². The molecule has 5 heteroatoms. The molecule has 1 aliphatic heterocycles. The molecule has 2 aromatic heterocycles. The van der Waals surface area contributed by atoms with E-state index in [-0.39, 0.29) is 0 Å². The van der Waals surface area contributed by atoms with Crippen molar-refractivity contribution in [2.45, 2.75) is 38.5 Å². The number of aryl methyl sites for hydroxylation is 1. The van der Waals surface area contributed by atoms with Crippen LogP contribution in [0.1, 0.15) is 24.2 Å². The van der Waals surface area contributed by atoms with Crippen LogP contribution in [0, 0.1) is 6.92 Å². The van der Waals surface area contributed by atoms with E-state index < -0.39 is 5.60 Å². The molecule has 0 unspecified atom stereocenters. The van der Waals surface area contributed by atoms with Gasteiger partial charge >= 0.3 is 0 Å². The van der Waals surface area contributed by atoms with E-state index in [4.69, 9.17) is 0 Å². The fourth-order valence-electron chi connectivity index (χ4n) is 3.71. The lowest BCUT2D eigenvalue weighted by molar-refractivity contribution is -0.0360. The Morgan fingerprint density at radius 2 is 1.88 bits per heavy atom. The number of fused-ring (bicyclic) bond motifs is 1. The number of aliphatic hydroxyl groups is 1. The molecule has 1 aliphatic rings. The first-order chi connectivity index (χ1) is 12.1. The molecule has 0 saturated carbocycles. The number of imidazole rings is 1. The van der Waals surface area contributed by atoms with Crippen molar-refractivity contribution in [3.63, 3.8) is 0 Å². The number of rotatable bonds is 4. The Balaban J connectivity index is 1.42. The quantitative estimate of drug-likeness (QED) is 0.796. The van der Waals surface area contributed by atoms with E-state index in [9.17, 15) is 5.11 Å². The van der Waals surface area contributed by atoms with Crippen LogP contribution in [-0.2, 0) is 13.1 Å². The van der Waals surface area contributed by atoms with Crippen LogP contribution in [0.25, 0.3) is 10.9 Å². The Bertz CT molecular complexity index is 860. The molecule has 3 heterocycles. The Labute approximate surface area is 147 Å². The molecule has 3 aromatic rings. The zero-order chi connectivity index (χ0) is 17.3. The Hall–Kier alpha value is -2.24. The Kier molecular flexibility index (Phi) is 4.27. The number of pyridine rings is 1. The topological polar surface area (TPSA) is 54.2 Å². The zero-order valence-corrected chi connectivity index (χ0v) is 14.6. The molecule has 0 bridgehead atoms. The van der Waals surface area contributed by atoms with Gasteiger partial charge < -0.3 is 9.67 Å². The molecule has 1 fully saturated rings. The van der Waals surface area contributed by atoms with Gasteiger partial charge in [0.25, 0.3) is 0 Å². The number of nitrogens with zero attached hydrogens (tertiary/aromatic N) is 4. The lowest BCUT2D eigenvalue weighted by atomic mass is 9.91. The average molecular weight is 336 g/mol. The van der Waals surface area contributed by atoms with Crippen molar-refractivity contribution >= 4 is 10.9 Å². The maximum Gasteiger partial charge on any atom is 0.105 e. The minimum atomic E-state index is -0.640. The summed E-state index contributed by atoms with van der Waals surface area (Å²) in [6, 6.07) is 10.4. The predicted octanol–water partition coefficient (Wildman–Crippen LogP) is 2.77. The number of piperidine rings is 1. The summed E-state index contributed by atoms with van der Waals surface area (Å²) in [7, 11) is 0. The summed E-state index contributed by atoms with van der Waals surface area (Å²) in [6.45, 7) is 5.28. The predicted molar refractivity (Wildman–Crippen MR) is 98.2 cm³/mol. The first kappa shape index (κ1) is 16.2. The van der Waals surface area contributed by atoms with Gasteiger partial charge in [-0.05, 0) is 31.4 Å². The van der Waals surface area contributed by atoms with Crippen molar-refractivity contribution in [1.82, 2.24) is 19.4 Å². The molecule has 1 N–H and O–H groups in total. The number of para-hydroxylation sites is 1. The third kappa shape index (κ3) is 3.43. The van der Waals surface area contributed by atoms with E-state index in [1.165, 1.54) is 10.9 Å². The molecule has 5 nitrogen and oxygen atoms in total. The highest BCUT2D eigenvalue weighted by atomic mass is 16.3. The van der Waals surface area contributed by atoms with Gasteiger partial charge in [0.1, 0.15) is 5.82 Å². The first-order valence-corrected chi connectivity index (χ1v) is 8.88. The number of aromatic nitrogens is 3. The molecule has 130 valence electrons. The van der Waals surface area contributed by atoms with E-state index in [0.717, 1.165) is 43.8 Å². The molecule has 0 radical (unpaired) electrons. The minimum absolute atomic E-state index is 0.627. The summed E-state index contributed by atoms with van der Waals surface area (Å²) >= 11 is 0. The fraction of sp³-hybridized carbons (Fsp3) is 0.400. The van der Waals surface area contributed by atoms with E-state index in [1.807, 2.05) is 30.0 Å². The van der Waals surface area contributed by atoms with E-state index >= 15 is 0 Å². The van der Waals surface area contributed by atoms with Crippen molar-refractivity contribution in [3.05, 3.63) is 60.3 Å². The summed E-state index contributed by atoms with van der Waals surface area (Å²) in [5.41, 5.74) is 1.70. The normalized spacial score (nSPS) is 17.8. The summed E-state index contributed by atoms with van der Waals surface area (Å²) in [5, 5.41) is 12.1. The van der Waals surface area contributed by atoms with Crippen molar-refractivity contribution in [1.29, 1.82) is 0 Å². The van der Waals surface area contributed by atoms with Crippen LogP contribution in [-0.4, -0.2) is 43.2 Å². The zero-order valence-electron chi connectivity index (χ0n) is 14.6. The molecule has 0 spiro atoms. The van der Waals surface area contributed by atoms with Crippen LogP contribution >= 0.6 is 0 Å². The average Bonchev–Trinajstić information content (AvgIpc) is 3.02. The van der Waals surface area contributed by atoms with Crippen molar-refractivity contribution in [2.75, 3.05) is 13.1 Å². The van der Waals surface area contributed by atoms with Crippen LogP contribution in [0.15, 0.2) is 48.9 Å². The number of hydrogen-bond acceptors (Lipinski definition) is 4. The molecule has 1 aromatic carbocycles. The highest BCUT2D eigenvalue weighted by Crippen LogP contribution is 2.26. The van der Waals surface area contributed by atoms with Gasteiger partial charge in [-0.25, -0.2) is 4.98 Å². The van der Waals surface area contributed by atoms with Crippen LogP contribution in [0.3, 0.4) is 0 Å². The molecule has 25 heavy (non-hydrogen) atoms. The molecule has 0 atom stereocenters. The van der Waals surface area contributed by atoms with E-state index in [2.05, 4.69) is 39.1 Å². The highest BCUT2D eigenvalue weighted by Gasteiger charge is 2.33. The summed E-state index contributed by atoms with van der Waals surface area (Å²) in [4.78, 5) is 11.2. The number of benzene rings is 1. The summed E-state index contributed by atoms with van der Waals surface area (Å²) < 4.78 is 2.05. The minimum Gasteiger partial charge on any atom is -0.388 e. The van der Waals surface area contributed by atoms with E-state index in [1.54, 1.807) is 6.20 Å². The lowest BCUT2D eigenvalue weighted by Crippen LogP contribution is -2.46. The third-order valence-corrected chi connectivity index (χ3v) is 5.29. The monoisotopic (exact) mass is 336 g/mol. The van der Waals surface area contributed by atoms with Gasteiger partial charge in [-0.1, -0.05) is 24.3 Å². The highest BCUT2D eigenvalue weighted by molar-refractivity contribution is 5.81. The van der Waals surface area contributed by atoms with Gasteiger partial charge in [0.2, 0.25) is 0 Å². The van der Waals surface area contributed by atoms with Crippen LogP contribution in [0.2, 0.25) is 0 Å². The van der Waals surface area contributed by atoms with Crippen LogP contribution in [0.4, 0.5) is 0 Å². The second kappa shape index (κ2) is 6.58. The number of likely N-dealkylation sites (tertiary alicyclic amines) is 1. The summed E-state index contributed by atoms with van der Waals surface area (Å²) in [5.74, 6) is 0.956. The van der Waals surface area contributed by atoms with Crippen molar-refractivity contribution in [3.8, 4) is 0 Å². The molecular weight excluding hydrogens is 312 g/mol. The van der Waals surface area contributed by atoms with Crippen LogP contribution in [0.5, 0.6) is 0 Å². The molecule has 0 aliphatic carbocycles.